The quantitative estimate of drug-likeness (QED) is 0.294. The van der Waals surface area contributed by atoms with Crippen molar-refractivity contribution in [2.45, 2.75) is 38.1 Å². The van der Waals surface area contributed by atoms with E-state index < -0.39 is 0 Å². The number of hydrogen-bond donors (Lipinski definition) is 1. The Hall–Kier alpha value is -3.28. The van der Waals surface area contributed by atoms with Crippen LogP contribution >= 0.6 is 23.2 Å². The summed E-state index contributed by atoms with van der Waals surface area (Å²) in [5.41, 5.74) is 5.58. The van der Waals surface area contributed by atoms with Crippen molar-refractivity contribution in [3.8, 4) is 22.7 Å². The second kappa shape index (κ2) is 10.4. The molecule has 3 aromatic carbocycles. The maximum absolute atomic E-state index is 13.5. The summed E-state index contributed by atoms with van der Waals surface area (Å²) in [6.07, 6.45) is 2.47. The molecule has 0 saturated carbocycles. The van der Waals surface area contributed by atoms with Crippen molar-refractivity contribution in [1.82, 2.24) is 15.1 Å². The molecule has 1 aromatic heterocycles. The van der Waals surface area contributed by atoms with Crippen LogP contribution in [0.2, 0.25) is 10.0 Å². The Morgan fingerprint density at radius 2 is 1.83 bits per heavy atom. The molecular weight excluding hydrogens is 493 g/mol. The van der Waals surface area contributed by atoms with Crippen LogP contribution in [0.4, 0.5) is 0 Å². The lowest BCUT2D eigenvalue weighted by atomic mass is 9.85. The Morgan fingerprint density at radius 1 is 1.08 bits per heavy atom. The van der Waals surface area contributed by atoms with E-state index in [4.69, 9.17) is 33.0 Å². The van der Waals surface area contributed by atoms with Crippen molar-refractivity contribution in [1.29, 1.82) is 0 Å². The zero-order chi connectivity index (χ0) is 25.2. The van der Waals surface area contributed by atoms with Gasteiger partial charge < -0.3 is 10.1 Å². The van der Waals surface area contributed by atoms with Crippen LogP contribution in [0, 0.1) is 0 Å². The highest BCUT2D eigenvalue weighted by atomic mass is 35.5. The summed E-state index contributed by atoms with van der Waals surface area (Å²) in [7, 11) is 1.65. The highest BCUT2D eigenvalue weighted by Crippen LogP contribution is 2.40. The van der Waals surface area contributed by atoms with Crippen molar-refractivity contribution < 1.29 is 9.53 Å². The third-order valence-electron chi connectivity index (χ3n) is 6.74. The van der Waals surface area contributed by atoms with E-state index in [1.54, 1.807) is 19.2 Å². The fourth-order valence-corrected chi connectivity index (χ4v) is 5.37. The summed E-state index contributed by atoms with van der Waals surface area (Å²) in [5.74, 6) is 0.417. The molecule has 1 N–H and O–H groups in total. The number of methoxy groups -OCH3 is 1. The lowest BCUT2D eigenvalue weighted by Crippen LogP contribution is -2.33. The van der Waals surface area contributed by atoms with Gasteiger partial charge in [-0.2, -0.15) is 5.10 Å². The highest BCUT2D eigenvalue weighted by Gasteiger charge is 2.34. The van der Waals surface area contributed by atoms with E-state index in [1.165, 1.54) is 0 Å². The molecule has 184 valence electrons. The molecule has 0 fully saturated rings. The van der Waals surface area contributed by atoms with Gasteiger partial charge in [0.25, 0.3) is 0 Å². The SMILES string of the molecule is COc1ccc(-c2c3c(nn2-c2ccc(Cl)cc2Cl)C(C(=O)N[C@H](C)c2ccccc2)CCC3)cc1. The van der Waals surface area contributed by atoms with Gasteiger partial charge in [-0.05, 0) is 74.2 Å². The first-order valence-electron chi connectivity index (χ1n) is 12.0. The number of amides is 1. The zero-order valence-corrected chi connectivity index (χ0v) is 21.7. The number of fused-ring (bicyclic) bond motifs is 1. The van der Waals surface area contributed by atoms with E-state index in [0.29, 0.717) is 10.0 Å². The summed E-state index contributed by atoms with van der Waals surface area (Å²) in [4.78, 5) is 13.5. The number of carbonyl (C=O) groups excluding carboxylic acids is 1. The first-order valence-corrected chi connectivity index (χ1v) is 12.8. The predicted octanol–water partition coefficient (Wildman–Crippen LogP) is 7.15. The molecule has 1 heterocycles. The van der Waals surface area contributed by atoms with Crippen LogP contribution in [-0.4, -0.2) is 22.8 Å². The number of nitrogens with one attached hydrogen (secondary N) is 1. The van der Waals surface area contributed by atoms with Gasteiger partial charge >= 0.3 is 0 Å². The van der Waals surface area contributed by atoms with E-state index in [2.05, 4.69) is 5.32 Å². The van der Waals surface area contributed by atoms with Crippen molar-refractivity contribution in [2.75, 3.05) is 7.11 Å². The van der Waals surface area contributed by atoms with Crippen LogP contribution in [0.3, 0.4) is 0 Å². The number of nitrogens with zero attached hydrogens (tertiary/aromatic N) is 2. The van der Waals surface area contributed by atoms with Crippen LogP contribution in [0.5, 0.6) is 5.75 Å². The van der Waals surface area contributed by atoms with Gasteiger partial charge in [0, 0.05) is 16.1 Å². The topological polar surface area (TPSA) is 56.2 Å². The summed E-state index contributed by atoms with van der Waals surface area (Å²) >= 11 is 12.8. The van der Waals surface area contributed by atoms with E-state index in [0.717, 1.165) is 58.8 Å². The van der Waals surface area contributed by atoms with E-state index in [-0.39, 0.29) is 17.9 Å². The van der Waals surface area contributed by atoms with Crippen LogP contribution < -0.4 is 10.1 Å². The molecule has 0 saturated heterocycles. The van der Waals surface area contributed by atoms with Gasteiger partial charge in [-0.25, -0.2) is 4.68 Å². The molecular formula is C29H27Cl2N3O2. The number of rotatable bonds is 6. The summed E-state index contributed by atoms with van der Waals surface area (Å²) in [5, 5.41) is 9.26. The third-order valence-corrected chi connectivity index (χ3v) is 7.28. The highest BCUT2D eigenvalue weighted by molar-refractivity contribution is 6.35. The van der Waals surface area contributed by atoms with Crippen molar-refractivity contribution >= 4 is 29.1 Å². The summed E-state index contributed by atoms with van der Waals surface area (Å²) in [6.45, 7) is 2.01. The molecule has 7 heteroatoms. The summed E-state index contributed by atoms with van der Waals surface area (Å²) in [6, 6.07) is 23.1. The number of aromatic nitrogens is 2. The number of halogens is 2. The van der Waals surface area contributed by atoms with E-state index in [9.17, 15) is 4.79 Å². The molecule has 0 radical (unpaired) electrons. The maximum atomic E-state index is 13.5. The van der Waals surface area contributed by atoms with Crippen LogP contribution in [0.1, 0.15) is 48.5 Å². The van der Waals surface area contributed by atoms with Gasteiger partial charge in [0.15, 0.2) is 0 Å². The lowest BCUT2D eigenvalue weighted by Gasteiger charge is -2.23. The fraction of sp³-hybridized carbons (Fsp3) is 0.241. The van der Waals surface area contributed by atoms with Crippen molar-refractivity contribution in [3.63, 3.8) is 0 Å². The zero-order valence-electron chi connectivity index (χ0n) is 20.2. The molecule has 2 atom stereocenters. The van der Waals surface area contributed by atoms with Crippen molar-refractivity contribution in [3.05, 3.63) is 99.7 Å². The Bertz CT molecular complexity index is 1380. The standard InChI is InChI=1S/C29H27Cl2N3O2/c1-18(19-7-4-3-5-8-19)32-29(35)24-10-6-9-23-27(24)33-34(26-16-13-21(30)17-25(26)31)28(23)20-11-14-22(36-2)15-12-20/h3-5,7-8,11-18,24H,6,9-10H2,1-2H3,(H,32,35)/t18-,24?/m1/s1. The van der Waals surface area contributed by atoms with Crippen LogP contribution in [0.15, 0.2) is 72.8 Å². The van der Waals surface area contributed by atoms with Gasteiger partial charge in [-0.15, -0.1) is 0 Å². The first kappa shape index (κ1) is 24.4. The lowest BCUT2D eigenvalue weighted by molar-refractivity contribution is -0.123. The second-order valence-corrected chi connectivity index (χ2v) is 9.88. The second-order valence-electron chi connectivity index (χ2n) is 9.03. The first-order chi connectivity index (χ1) is 17.5. The Labute approximate surface area is 221 Å². The predicted molar refractivity (Wildman–Crippen MR) is 144 cm³/mol. The molecule has 5 nitrogen and oxygen atoms in total. The smallest absolute Gasteiger partial charge is 0.229 e. The Kier molecular flexibility index (Phi) is 7.04. The molecule has 0 spiro atoms. The van der Waals surface area contributed by atoms with E-state index >= 15 is 0 Å². The minimum atomic E-state index is -0.343. The monoisotopic (exact) mass is 519 g/mol. The minimum Gasteiger partial charge on any atom is -0.497 e. The van der Waals surface area contributed by atoms with E-state index in [1.807, 2.05) is 72.3 Å². The third kappa shape index (κ3) is 4.73. The number of hydrogen-bond acceptors (Lipinski definition) is 3. The molecule has 1 amide bonds. The fourth-order valence-electron chi connectivity index (χ4n) is 4.88. The van der Waals surface area contributed by atoms with Gasteiger partial charge in [-0.1, -0.05) is 53.5 Å². The molecule has 0 bridgehead atoms. The Morgan fingerprint density at radius 3 is 2.53 bits per heavy atom. The molecule has 1 aliphatic rings. The van der Waals surface area contributed by atoms with Gasteiger partial charge in [0.05, 0.1) is 41.2 Å². The Balaban J connectivity index is 1.58. The maximum Gasteiger partial charge on any atom is 0.229 e. The summed E-state index contributed by atoms with van der Waals surface area (Å²) < 4.78 is 7.22. The number of carbonyl (C=O) groups is 1. The normalized spacial score (nSPS) is 15.7. The minimum absolute atomic E-state index is 0.0135. The molecule has 4 aromatic rings. The average Bonchev–Trinajstić information content (AvgIpc) is 3.28. The van der Waals surface area contributed by atoms with Crippen LogP contribution in [0.25, 0.3) is 16.9 Å². The largest absolute Gasteiger partial charge is 0.497 e. The van der Waals surface area contributed by atoms with Gasteiger partial charge in [0.1, 0.15) is 5.75 Å². The van der Waals surface area contributed by atoms with Crippen LogP contribution in [-0.2, 0) is 11.2 Å². The van der Waals surface area contributed by atoms with Gasteiger partial charge in [-0.3, -0.25) is 4.79 Å². The molecule has 5 rings (SSSR count). The molecule has 1 aliphatic carbocycles. The average molecular weight is 520 g/mol. The molecule has 1 unspecified atom stereocenters. The van der Waals surface area contributed by atoms with Gasteiger partial charge in [0.2, 0.25) is 5.91 Å². The number of benzene rings is 3. The number of ether oxygens (including phenoxy) is 1. The molecule has 0 aliphatic heterocycles. The van der Waals surface area contributed by atoms with Crippen molar-refractivity contribution in [2.24, 2.45) is 0 Å². The molecule has 36 heavy (non-hydrogen) atoms.